The van der Waals surface area contributed by atoms with Gasteiger partial charge in [0.15, 0.2) is 0 Å². The maximum absolute atomic E-state index is 13.2. The summed E-state index contributed by atoms with van der Waals surface area (Å²) >= 11 is 0. The summed E-state index contributed by atoms with van der Waals surface area (Å²) in [5, 5.41) is 6.96. The van der Waals surface area contributed by atoms with Crippen molar-refractivity contribution in [3.05, 3.63) is 78.4 Å². The summed E-state index contributed by atoms with van der Waals surface area (Å²) in [5.74, 6) is 0.173. The molecule has 1 N–H and O–H groups in total. The Labute approximate surface area is 185 Å². The number of hydrogen-bond acceptors (Lipinski definition) is 4. The zero-order valence-electron chi connectivity index (χ0n) is 17.6. The number of carbonyl (C=O) groups is 2. The van der Waals surface area contributed by atoms with Gasteiger partial charge in [0.1, 0.15) is 18.1 Å². The summed E-state index contributed by atoms with van der Waals surface area (Å²) in [7, 11) is 0. The van der Waals surface area contributed by atoms with E-state index in [-0.39, 0.29) is 43.2 Å². The maximum atomic E-state index is 13.2. The van der Waals surface area contributed by atoms with Crippen molar-refractivity contribution in [1.29, 1.82) is 0 Å². The largest absolute Gasteiger partial charge is 0.493 e. The zero-order chi connectivity index (χ0) is 22.3. The minimum Gasteiger partial charge on any atom is -0.493 e. The number of halogens is 1. The molecule has 0 bridgehead atoms. The van der Waals surface area contributed by atoms with E-state index in [1.165, 1.54) is 23.0 Å². The maximum Gasteiger partial charge on any atom is 0.244 e. The van der Waals surface area contributed by atoms with Crippen LogP contribution in [0.25, 0.3) is 0 Å². The smallest absolute Gasteiger partial charge is 0.244 e. The van der Waals surface area contributed by atoms with Gasteiger partial charge in [-0.1, -0.05) is 30.3 Å². The Kier molecular flexibility index (Phi) is 6.79. The first-order chi connectivity index (χ1) is 15.6. The molecule has 0 radical (unpaired) electrons. The van der Waals surface area contributed by atoms with Gasteiger partial charge in [-0.3, -0.25) is 14.3 Å². The fourth-order valence-corrected chi connectivity index (χ4v) is 3.84. The Morgan fingerprint density at radius 1 is 1.12 bits per heavy atom. The van der Waals surface area contributed by atoms with Gasteiger partial charge in [-0.15, -0.1) is 0 Å². The van der Waals surface area contributed by atoms with E-state index in [2.05, 4.69) is 10.4 Å². The topological polar surface area (TPSA) is 76.5 Å². The molecule has 1 unspecified atom stereocenters. The summed E-state index contributed by atoms with van der Waals surface area (Å²) in [4.78, 5) is 26.8. The number of rotatable bonds is 8. The van der Waals surface area contributed by atoms with Crippen molar-refractivity contribution in [1.82, 2.24) is 14.7 Å². The lowest BCUT2D eigenvalue weighted by Gasteiger charge is -2.25. The van der Waals surface area contributed by atoms with Gasteiger partial charge >= 0.3 is 0 Å². The van der Waals surface area contributed by atoms with Gasteiger partial charge in [-0.25, -0.2) is 4.39 Å². The summed E-state index contributed by atoms with van der Waals surface area (Å²) in [5.41, 5.74) is 1.46. The quantitative estimate of drug-likeness (QED) is 0.583. The van der Waals surface area contributed by atoms with E-state index < -0.39 is 0 Å². The van der Waals surface area contributed by atoms with E-state index in [4.69, 9.17) is 4.74 Å². The molecule has 1 saturated heterocycles. The second kappa shape index (κ2) is 10.1. The Bertz CT molecular complexity index is 1050. The number of ether oxygens (including phenoxy) is 1. The standard InChI is InChI=1S/C24H25FN4O3/c25-19-10-8-18(9-11-19)22-7-4-13-29(22)24(31)17-28-16-20(15-26-28)27-23(30)12-14-32-21-5-2-1-3-6-21/h1-3,5-6,8-11,15-16,22H,4,7,12-14,17H2,(H,27,30). The Hall–Kier alpha value is -3.68. The summed E-state index contributed by atoms with van der Waals surface area (Å²) in [6, 6.07) is 15.6. The molecule has 1 atom stereocenters. The van der Waals surface area contributed by atoms with E-state index in [0.29, 0.717) is 18.0 Å². The van der Waals surface area contributed by atoms with Crippen LogP contribution in [0.15, 0.2) is 67.0 Å². The van der Waals surface area contributed by atoms with Gasteiger partial charge in [-0.05, 0) is 42.7 Å². The highest BCUT2D eigenvalue weighted by Gasteiger charge is 2.30. The number of hydrogen-bond donors (Lipinski definition) is 1. The number of anilines is 1. The molecule has 2 aromatic carbocycles. The van der Waals surface area contributed by atoms with Crippen LogP contribution in [0.2, 0.25) is 0 Å². The van der Waals surface area contributed by atoms with E-state index in [1.807, 2.05) is 35.2 Å². The van der Waals surface area contributed by atoms with Crippen LogP contribution in [0.4, 0.5) is 10.1 Å². The summed E-state index contributed by atoms with van der Waals surface area (Å²) < 4.78 is 20.3. The van der Waals surface area contributed by atoms with Crippen LogP contribution in [0.1, 0.15) is 30.9 Å². The van der Waals surface area contributed by atoms with Crippen LogP contribution < -0.4 is 10.1 Å². The molecule has 2 amide bonds. The van der Waals surface area contributed by atoms with Gasteiger partial charge in [0.2, 0.25) is 11.8 Å². The molecule has 7 nitrogen and oxygen atoms in total. The van der Waals surface area contributed by atoms with Crippen LogP contribution in [-0.4, -0.2) is 39.6 Å². The Morgan fingerprint density at radius 2 is 1.91 bits per heavy atom. The van der Waals surface area contributed by atoms with Gasteiger partial charge < -0.3 is 15.0 Å². The third-order valence-corrected chi connectivity index (χ3v) is 5.38. The van der Waals surface area contributed by atoms with Gasteiger partial charge in [0.05, 0.1) is 31.0 Å². The minimum absolute atomic E-state index is 0.0533. The molecule has 2 heterocycles. The first-order valence-electron chi connectivity index (χ1n) is 10.6. The van der Waals surface area contributed by atoms with Crippen LogP contribution in [0.3, 0.4) is 0 Å². The molecule has 1 aliphatic heterocycles. The predicted molar refractivity (Wildman–Crippen MR) is 117 cm³/mol. The molecule has 1 fully saturated rings. The molecule has 0 spiro atoms. The van der Waals surface area contributed by atoms with Gasteiger partial charge in [0, 0.05) is 12.7 Å². The normalized spacial score (nSPS) is 15.5. The SMILES string of the molecule is O=C(CCOc1ccccc1)Nc1cnn(CC(=O)N2CCCC2c2ccc(F)cc2)c1. The minimum atomic E-state index is -0.289. The number of benzene rings is 2. The number of amides is 2. The molecule has 0 aliphatic carbocycles. The number of aromatic nitrogens is 2. The molecule has 4 rings (SSSR count). The van der Waals surface area contributed by atoms with Crippen molar-refractivity contribution in [3.63, 3.8) is 0 Å². The Balaban J connectivity index is 1.27. The molecular formula is C24H25FN4O3. The number of para-hydroxylation sites is 1. The molecular weight excluding hydrogens is 411 g/mol. The first kappa shape index (κ1) is 21.5. The van der Waals surface area contributed by atoms with Gasteiger partial charge in [-0.2, -0.15) is 5.10 Å². The highest BCUT2D eigenvalue weighted by molar-refractivity contribution is 5.90. The fourth-order valence-electron chi connectivity index (χ4n) is 3.84. The van der Waals surface area contributed by atoms with Crippen molar-refractivity contribution in [2.24, 2.45) is 0 Å². The van der Waals surface area contributed by atoms with E-state index >= 15 is 0 Å². The molecule has 32 heavy (non-hydrogen) atoms. The fraction of sp³-hybridized carbons (Fsp3) is 0.292. The predicted octanol–water partition coefficient (Wildman–Crippen LogP) is 3.79. The summed E-state index contributed by atoms with van der Waals surface area (Å²) in [6.45, 7) is 1.00. The molecule has 1 aromatic heterocycles. The number of nitrogens with one attached hydrogen (secondary N) is 1. The number of carbonyl (C=O) groups excluding carboxylic acids is 2. The van der Waals surface area contributed by atoms with Crippen molar-refractivity contribution in [3.8, 4) is 5.75 Å². The lowest BCUT2D eigenvalue weighted by molar-refractivity contribution is -0.133. The van der Waals surface area contributed by atoms with Crippen LogP contribution in [0, 0.1) is 5.82 Å². The number of likely N-dealkylation sites (tertiary alicyclic amines) is 1. The van der Waals surface area contributed by atoms with Crippen molar-refractivity contribution >= 4 is 17.5 Å². The van der Waals surface area contributed by atoms with Crippen LogP contribution >= 0.6 is 0 Å². The third-order valence-electron chi connectivity index (χ3n) is 5.38. The van der Waals surface area contributed by atoms with Gasteiger partial charge in [0.25, 0.3) is 0 Å². The monoisotopic (exact) mass is 436 g/mol. The van der Waals surface area contributed by atoms with E-state index in [9.17, 15) is 14.0 Å². The highest BCUT2D eigenvalue weighted by Crippen LogP contribution is 2.32. The van der Waals surface area contributed by atoms with Crippen LogP contribution in [-0.2, 0) is 16.1 Å². The zero-order valence-corrected chi connectivity index (χ0v) is 17.6. The summed E-state index contributed by atoms with van der Waals surface area (Å²) in [6.07, 6.45) is 5.11. The highest BCUT2D eigenvalue weighted by atomic mass is 19.1. The molecule has 8 heteroatoms. The van der Waals surface area contributed by atoms with Crippen molar-refractivity contribution in [2.45, 2.75) is 31.8 Å². The molecule has 3 aromatic rings. The molecule has 1 aliphatic rings. The average molecular weight is 436 g/mol. The number of nitrogens with zero attached hydrogens (tertiary/aromatic N) is 3. The lowest BCUT2D eigenvalue weighted by Crippen LogP contribution is -2.33. The van der Waals surface area contributed by atoms with Crippen LogP contribution in [0.5, 0.6) is 5.75 Å². The van der Waals surface area contributed by atoms with Crippen molar-refractivity contribution < 1.29 is 18.7 Å². The lowest BCUT2D eigenvalue weighted by atomic mass is 10.0. The van der Waals surface area contributed by atoms with E-state index in [0.717, 1.165) is 18.4 Å². The Morgan fingerprint density at radius 3 is 2.69 bits per heavy atom. The molecule has 0 saturated carbocycles. The average Bonchev–Trinajstić information content (AvgIpc) is 3.45. The second-order valence-corrected chi connectivity index (χ2v) is 7.68. The van der Waals surface area contributed by atoms with Crippen molar-refractivity contribution in [2.75, 3.05) is 18.5 Å². The first-order valence-corrected chi connectivity index (χ1v) is 10.6. The third kappa shape index (κ3) is 5.51. The van der Waals surface area contributed by atoms with E-state index in [1.54, 1.807) is 18.3 Å². The second-order valence-electron chi connectivity index (χ2n) is 7.68. The molecule has 166 valence electrons.